The Kier molecular flexibility index (Phi) is 4.90. The smallest absolute Gasteiger partial charge is 0.306 e. The number of esters is 1. The Morgan fingerprint density at radius 1 is 1.50 bits per heavy atom. The topological polar surface area (TPSA) is 44.8 Å². The highest BCUT2D eigenvalue weighted by Crippen LogP contribution is 2.12. The minimum absolute atomic E-state index is 0.128. The van der Waals surface area contributed by atoms with Crippen molar-refractivity contribution in [3.05, 3.63) is 0 Å². The quantitative estimate of drug-likeness (QED) is 0.633. The molecule has 1 fully saturated rings. The Bertz CT molecular complexity index is 175. The summed E-state index contributed by atoms with van der Waals surface area (Å²) in [5.74, 6) is -0.141. The molecule has 0 radical (unpaired) electrons. The van der Waals surface area contributed by atoms with Crippen LogP contribution in [-0.4, -0.2) is 31.6 Å². The summed E-state index contributed by atoms with van der Waals surface area (Å²) in [6, 6.07) is 0. The van der Waals surface area contributed by atoms with Crippen LogP contribution in [0.2, 0.25) is 0 Å². The van der Waals surface area contributed by atoms with Gasteiger partial charge in [-0.05, 0) is 13.3 Å². The number of carbonyl (C=O) groups is 1. The van der Waals surface area contributed by atoms with Gasteiger partial charge in [-0.15, -0.1) is 0 Å². The van der Waals surface area contributed by atoms with E-state index in [1.165, 1.54) is 0 Å². The molecule has 4 heteroatoms. The molecule has 0 saturated carbocycles. The zero-order valence-electron chi connectivity index (χ0n) is 8.82. The Hall–Kier alpha value is -0.610. The first-order valence-electron chi connectivity index (χ1n) is 5.15. The lowest BCUT2D eigenvalue weighted by Gasteiger charge is -2.16. The molecule has 82 valence electrons. The van der Waals surface area contributed by atoms with E-state index in [1.54, 1.807) is 0 Å². The van der Waals surface area contributed by atoms with Gasteiger partial charge in [0, 0.05) is 12.8 Å². The molecule has 1 heterocycles. The van der Waals surface area contributed by atoms with Crippen molar-refractivity contribution in [3.63, 3.8) is 0 Å². The molecular weight excluding hydrogens is 184 g/mol. The van der Waals surface area contributed by atoms with E-state index >= 15 is 0 Å². The molecule has 4 nitrogen and oxygen atoms in total. The first-order chi connectivity index (χ1) is 6.72. The number of hydrogen-bond acceptors (Lipinski definition) is 4. The van der Waals surface area contributed by atoms with Crippen LogP contribution in [0.25, 0.3) is 0 Å². The van der Waals surface area contributed by atoms with Gasteiger partial charge in [0.1, 0.15) is 6.10 Å². The van der Waals surface area contributed by atoms with Gasteiger partial charge in [0.05, 0.1) is 13.2 Å². The molecule has 1 unspecified atom stereocenters. The fourth-order valence-electron chi connectivity index (χ4n) is 1.35. The lowest BCUT2D eigenvalue weighted by atomic mass is 10.2. The molecule has 0 aromatic rings. The SMILES string of the molecule is CCCC(=O)OC(C)CC1OCCO1. The van der Waals surface area contributed by atoms with E-state index in [-0.39, 0.29) is 18.4 Å². The fraction of sp³-hybridized carbons (Fsp3) is 0.900. The Morgan fingerprint density at radius 3 is 2.71 bits per heavy atom. The van der Waals surface area contributed by atoms with Crippen LogP contribution >= 0.6 is 0 Å². The van der Waals surface area contributed by atoms with E-state index in [4.69, 9.17) is 14.2 Å². The van der Waals surface area contributed by atoms with Gasteiger partial charge in [0.25, 0.3) is 0 Å². The largest absolute Gasteiger partial charge is 0.462 e. The molecule has 0 aromatic carbocycles. The summed E-state index contributed by atoms with van der Waals surface area (Å²) in [7, 11) is 0. The molecule has 0 spiro atoms. The lowest BCUT2D eigenvalue weighted by Crippen LogP contribution is -2.21. The second-order valence-corrected chi connectivity index (χ2v) is 3.46. The first-order valence-corrected chi connectivity index (χ1v) is 5.15. The monoisotopic (exact) mass is 202 g/mol. The third-order valence-corrected chi connectivity index (χ3v) is 2.00. The molecule has 1 aliphatic heterocycles. The number of rotatable bonds is 5. The van der Waals surface area contributed by atoms with E-state index in [0.717, 1.165) is 6.42 Å². The van der Waals surface area contributed by atoms with Crippen molar-refractivity contribution in [2.24, 2.45) is 0 Å². The predicted octanol–water partition coefficient (Wildman–Crippen LogP) is 1.48. The second kappa shape index (κ2) is 5.98. The molecule has 14 heavy (non-hydrogen) atoms. The molecule has 0 amide bonds. The van der Waals surface area contributed by atoms with Crippen molar-refractivity contribution in [3.8, 4) is 0 Å². The minimum atomic E-state index is -0.195. The van der Waals surface area contributed by atoms with Crippen LogP contribution in [-0.2, 0) is 19.0 Å². The molecule has 0 aliphatic carbocycles. The Balaban J connectivity index is 2.14. The third kappa shape index (κ3) is 4.07. The molecule has 1 atom stereocenters. The zero-order chi connectivity index (χ0) is 10.4. The van der Waals surface area contributed by atoms with Gasteiger partial charge in [0.15, 0.2) is 6.29 Å². The van der Waals surface area contributed by atoms with Crippen LogP contribution < -0.4 is 0 Å². The summed E-state index contributed by atoms with van der Waals surface area (Å²) in [6.07, 6.45) is 1.60. The van der Waals surface area contributed by atoms with E-state index in [2.05, 4.69) is 0 Å². The summed E-state index contributed by atoms with van der Waals surface area (Å²) in [4.78, 5) is 11.1. The lowest BCUT2D eigenvalue weighted by molar-refractivity contribution is -0.152. The van der Waals surface area contributed by atoms with Crippen molar-refractivity contribution in [1.29, 1.82) is 0 Å². The molecule has 0 N–H and O–H groups in total. The van der Waals surface area contributed by atoms with Crippen molar-refractivity contribution in [2.75, 3.05) is 13.2 Å². The van der Waals surface area contributed by atoms with Crippen LogP contribution in [0.5, 0.6) is 0 Å². The van der Waals surface area contributed by atoms with Crippen molar-refractivity contribution in [1.82, 2.24) is 0 Å². The maximum atomic E-state index is 11.1. The third-order valence-electron chi connectivity index (χ3n) is 2.00. The van der Waals surface area contributed by atoms with Gasteiger partial charge in [-0.3, -0.25) is 4.79 Å². The van der Waals surface area contributed by atoms with Gasteiger partial charge < -0.3 is 14.2 Å². The highest BCUT2D eigenvalue weighted by molar-refractivity contribution is 5.69. The molecule has 1 aliphatic rings. The second-order valence-electron chi connectivity index (χ2n) is 3.46. The zero-order valence-corrected chi connectivity index (χ0v) is 8.82. The van der Waals surface area contributed by atoms with Crippen LogP contribution in [0.4, 0.5) is 0 Å². The van der Waals surface area contributed by atoms with Gasteiger partial charge in [-0.1, -0.05) is 6.92 Å². The van der Waals surface area contributed by atoms with Crippen LogP contribution in [0.1, 0.15) is 33.1 Å². The predicted molar refractivity (Wildman–Crippen MR) is 50.8 cm³/mol. The standard InChI is InChI=1S/C10H18O4/c1-3-4-9(11)14-8(2)7-10-12-5-6-13-10/h8,10H,3-7H2,1-2H3. The molecule has 1 saturated heterocycles. The van der Waals surface area contributed by atoms with E-state index in [1.807, 2.05) is 13.8 Å². The van der Waals surface area contributed by atoms with Gasteiger partial charge in [0.2, 0.25) is 0 Å². The molecular formula is C10H18O4. The Labute approximate surface area is 84.5 Å². The van der Waals surface area contributed by atoms with Crippen molar-refractivity contribution >= 4 is 5.97 Å². The first kappa shape index (κ1) is 11.5. The van der Waals surface area contributed by atoms with E-state index in [0.29, 0.717) is 26.1 Å². The summed E-state index contributed by atoms with van der Waals surface area (Å²) in [6.45, 7) is 5.09. The van der Waals surface area contributed by atoms with Gasteiger partial charge >= 0.3 is 5.97 Å². The summed E-state index contributed by atoms with van der Waals surface area (Å²) >= 11 is 0. The van der Waals surface area contributed by atoms with Gasteiger partial charge in [-0.2, -0.15) is 0 Å². The van der Waals surface area contributed by atoms with Crippen LogP contribution in [0.15, 0.2) is 0 Å². The number of carbonyl (C=O) groups excluding carboxylic acids is 1. The average Bonchev–Trinajstić information content (AvgIpc) is 2.56. The minimum Gasteiger partial charge on any atom is -0.462 e. The maximum absolute atomic E-state index is 11.1. The molecule has 1 rings (SSSR count). The van der Waals surface area contributed by atoms with Crippen LogP contribution in [0, 0.1) is 0 Å². The van der Waals surface area contributed by atoms with Crippen molar-refractivity contribution < 1.29 is 19.0 Å². The van der Waals surface area contributed by atoms with Crippen molar-refractivity contribution in [2.45, 2.75) is 45.5 Å². The number of ether oxygens (including phenoxy) is 3. The highest BCUT2D eigenvalue weighted by Gasteiger charge is 2.20. The van der Waals surface area contributed by atoms with Gasteiger partial charge in [-0.25, -0.2) is 0 Å². The molecule has 0 bridgehead atoms. The van der Waals surface area contributed by atoms with Crippen LogP contribution in [0.3, 0.4) is 0 Å². The normalized spacial score (nSPS) is 19.6. The molecule has 0 aromatic heterocycles. The van der Waals surface area contributed by atoms with E-state index < -0.39 is 0 Å². The maximum Gasteiger partial charge on any atom is 0.306 e. The number of hydrogen-bond donors (Lipinski definition) is 0. The summed E-state index contributed by atoms with van der Waals surface area (Å²) in [5, 5.41) is 0. The summed E-state index contributed by atoms with van der Waals surface area (Å²) in [5.41, 5.74) is 0. The van der Waals surface area contributed by atoms with E-state index in [9.17, 15) is 4.79 Å². The summed E-state index contributed by atoms with van der Waals surface area (Å²) < 4.78 is 15.7. The fourth-order valence-corrected chi connectivity index (χ4v) is 1.35. The average molecular weight is 202 g/mol. The highest BCUT2D eigenvalue weighted by atomic mass is 16.7. The Morgan fingerprint density at radius 2 is 2.14 bits per heavy atom.